The van der Waals surface area contributed by atoms with Gasteiger partial charge in [0.2, 0.25) is 0 Å². The van der Waals surface area contributed by atoms with Crippen LogP contribution >= 0.6 is 23.1 Å². The molecule has 0 bridgehead atoms. The van der Waals surface area contributed by atoms with Crippen molar-refractivity contribution in [2.75, 3.05) is 6.26 Å². The second-order valence-corrected chi connectivity index (χ2v) is 7.62. The minimum absolute atomic E-state index is 0.0514. The molecule has 0 aliphatic heterocycles. The third-order valence-corrected chi connectivity index (χ3v) is 5.81. The van der Waals surface area contributed by atoms with Gasteiger partial charge in [0.05, 0.1) is 20.5 Å². The lowest BCUT2D eigenvalue weighted by Crippen LogP contribution is -2.27. The number of nitrogens with zero attached hydrogens (tertiary/aromatic N) is 2. The third kappa shape index (κ3) is 2.51. The van der Waals surface area contributed by atoms with Gasteiger partial charge < -0.3 is 10.4 Å². The van der Waals surface area contributed by atoms with Gasteiger partial charge in [0, 0.05) is 5.56 Å². The van der Waals surface area contributed by atoms with Gasteiger partial charge in [-0.2, -0.15) is 0 Å². The second-order valence-electron chi connectivity index (χ2n) is 5.53. The Morgan fingerprint density at radius 1 is 1.32 bits per heavy atom. The number of fused-ring (bicyclic) bond motifs is 1. The minimum Gasteiger partial charge on any atom is -0.411 e. The van der Waals surface area contributed by atoms with Crippen LogP contribution in [0.2, 0.25) is 0 Å². The van der Waals surface area contributed by atoms with Crippen molar-refractivity contribution in [3.05, 3.63) is 16.0 Å². The maximum Gasteiger partial charge on any atom is 0.0939 e. The van der Waals surface area contributed by atoms with Gasteiger partial charge in [0.25, 0.3) is 0 Å². The molecule has 4 nitrogen and oxygen atoms in total. The molecule has 0 aromatic carbocycles. The number of thiophene rings is 1. The highest BCUT2D eigenvalue weighted by atomic mass is 32.2. The van der Waals surface area contributed by atoms with Crippen molar-refractivity contribution in [2.24, 2.45) is 15.7 Å². The quantitative estimate of drug-likeness (QED) is 0.377. The average Bonchev–Trinajstić information content (AvgIpc) is 2.73. The van der Waals surface area contributed by atoms with Gasteiger partial charge in [-0.15, -0.1) is 23.1 Å². The van der Waals surface area contributed by atoms with Crippen molar-refractivity contribution in [3.63, 3.8) is 0 Å². The van der Waals surface area contributed by atoms with Crippen LogP contribution in [0.4, 0.5) is 0 Å². The Labute approximate surface area is 121 Å². The molecule has 1 heterocycles. The van der Waals surface area contributed by atoms with Crippen molar-refractivity contribution in [2.45, 2.75) is 37.8 Å². The van der Waals surface area contributed by atoms with Crippen molar-refractivity contribution in [1.29, 1.82) is 0 Å². The average molecular weight is 298 g/mol. The Hall–Kier alpha value is -1.01. The Morgan fingerprint density at radius 3 is 2.53 bits per heavy atom. The Morgan fingerprint density at radius 2 is 2.00 bits per heavy atom. The fourth-order valence-electron chi connectivity index (χ4n) is 2.55. The van der Waals surface area contributed by atoms with Crippen LogP contribution in [0, 0.1) is 5.41 Å². The first-order chi connectivity index (χ1) is 8.93. The fourth-order valence-corrected chi connectivity index (χ4v) is 4.60. The first kappa shape index (κ1) is 14.4. The molecule has 1 aromatic rings. The summed E-state index contributed by atoms with van der Waals surface area (Å²) in [6.45, 7) is 6.12. The molecule has 0 unspecified atom stereocenters. The smallest absolute Gasteiger partial charge is 0.0939 e. The highest BCUT2D eigenvalue weighted by molar-refractivity contribution is 8.00. The van der Waals surface area contributed by atoms with Crippen LogP contribution in [0.15, 0.2) is 14.5 Å². The molecule has 19 heavy (non-hydrogen) atoms. The summed E-state index contributed by atoms with van der Waals surface area (Å²) in [4.78, 5) is 0.996. The molecule has 104 valence electrons. The van der Waals surface area contributed by atoms with Crippen LogP contribution in [0.3, 0.4) is 0 Å². The van der Waals surface area contributed by atoms with Crippen LogP contribution in [0.25, 0.3) is 0 Å². The minimum atomic E-state index is 0.0514. The van der Waals surface area contributed by atoms with Gasteiger partial charge in [0.1, 0.15) is 0 Å². The number of oxime groups is 2. The number of hydrogen-bond acceptors (Lipinski definition) is 6. The van der Waals surface area contributed by atoms with E-state index in [1.54, 1.807) is 30.0 Å². The zero-order valence-electron chi connectivity index (χ0n) is 11.5. The van der Waals surface area contributed by atoms with Gasteiger partial charge in [-0.05, 0) is 37.0 Å². The Kier molecular flexibility index (Phi) is 3.92. The van der Waals surface area contributed by atoms with Crippen LogP contribution < -0.4 is 0 Å². The third-order valence-electron chi connectivity index (χ3n) is 3.35. The van der Waals surface area contributed by atoms with E-state index in [1.165, 1.54) is 0 Å². The molecule has 0 spiro atoms. The van der Waals surface area contributed by atoms with E-state index in [-0.39, 0.29) is 5.41 Å². The summed E-state index contributed by atoms with van der Waals surface area (Å²) in [5, 5.41) is 25.2. The van der Waals surface area contributed by atoms with Gasteiger partial charge in [-0.3, -0.25) is 0 Å². The lowest BCUT2D eigenvalue weighted by atomic mass is 9.74. The Balaban J connectivity index is 2.69. The van der Waals surface area contributed by atoms with Crippen molar-refractivity contribution < 1.29 is 10.4 Å². The zero-order chi connectivity index (χ0) is 14.2. The highest BCUT2D eigenvalue weighted by Gasteiger charge is 2.35. The highest BCUT2D eigenvalue weighted by Crippen LogP contribution is 2.44. The maximum atomic E-state index is 9.30. The molecule has 2 N–H and O–H groups in total. The van der Waals surface area contributed by atoms with Crippen molar-refractivity contribution >= 4 is 34.5 Å². The normalized spacial score (nSPS) is 20.6. The molecular formula is C13H18N2O2S2. The molecule has 0 radical (unpaired) electrons. The predicted molar refractivity (Wildman–Crippen MR) is 80.5 cm³/mol. The summed E-state index contributed by atoms with van der Waals surface area (Å²) in [5.74, 6) is 0. The molecule has 0 amide bonds. The van der Waals surface area contributed by atoms with Crippen molar-refractivity contribution in [1.82, 2.24) is 0 Å². The van der Waals surface area contributed by atoms with E-state index >= 15 is 0 Å². The fraction of sp³-hybridized carbons (Fsp3) is 0.538. The van der Waals surface area contributed by atoms with Gasteiger partial charge in [-0.25, -0.2) is 0 Å². The lowest BCUT2D eigenvalue weighted by molar-refractivity contribution is 0.306. The first-order valence-electron chi connectivity index (χ1n) is 6.03. The van der Waals surface area contributed by atoms with E-state index in [2.05, 4.69) is 24.2 Å². The topological polar surface area (TPSA) is 65.2 Å². The van der Waals surface area contributed by atoms with Gasteiger partial charge in [-0.1, -0.05) is 24.2 Å². The van der Waals surface area contributed by atoms with E-state index in [4.69, 9.17) is 5.21 Å². The second kappa shape index (κ2) is 5.17. The summed E-state index contributed by atoms with van der Waals surface area (Å²) >= 11 is 3.25. The van der Waals surface area contributed by atoms with Crippen LogP contribution in [0.1, 0.15) is 43.2 Å². The molecule has 0 saturated carbocycles. The van der Waals surface area contributed by atoms with Crippen LogP contribution in [-0.2, 0) is 6.42 Å². The molecule has 1 aliphatic rings. The number of thioether (sulfide) groups is 1. The molecule has 0 atom stereocenters. The Bertz CT molecular complexity index is 559. The molecule has 2 rings (SSSR count). The number of hydrogen-bond donors (Lipinski definition) is 2. The van der Waals surface area contributed by atoms with E-state index in [1.807, 2.05) is 6.26 Å². The standard InChI is InChI=1S/C13H18N2O2S2/c1-7(14-16)11-8-5-13(2,3)6-9(15-17)10(8)12(18-4)19-11/h16-17H,5-6H2,1-4H3/b14-7+,15-9?. The van der Waals surface area contributed by atoms with Crippen LogP contribution in [0.5, 0.6) is 0 Å². The lowest BCUT2D eigenvalue weighted by Gasteiger charge is -2.31. The van der Waals surface area contributed by atoms with Crippen molar-refractivity contribution in [3.8, 4) is 0 Å². The molecule has 1 aromatic heterocycles. The zero-order valence-corrected chi connectivity index (χ0v) is 13.2. The van der Waals surface area contributed by atoms with E-state index in [0.717, 1.165) is 38.8 Å². The molecule has 6 heteroatoms. The summed E-state index contributed by atoms with van der Waals surface area (Å²) in [6.07, 6.45) is 3.67. The summed E-state index contributed by atoms with van der Waals surface area (Å²) in [5.41, 5.74) is 3.60. The first-order valence-corrected chi connectivity index (χ1v) is 8.07. The van der Waals surface area contributed by atoms with Gasteiger partial charge in [0.15, 0.2) is 0 Å². The summed E-state index contributed by atoms with van der Waals surface area (Å²) in [7, 11) is 0. The summed E-state index contributed by atoms with van der Waals surface area (Å²) < 4.78 is 1.12. The summed E-state index contributed by atoms with van der Waals surface area (Å²) in [6, 6.07) is 0. The predicted octanol–water partition coefficient (Wildman–Crippen LogP) is 3.82. The van der Waals surface area contributed by atoms with Gasteiger partial charge >= 0.3 is 0 Å². The van der Waals surface area contributed by atoms with E-state index in [0.29, 0.717) is 5.71 Å². The molecule has 1 aliphatic carbocycles. The molecular weight excluding hydrogens is 280 g/mol. The van der Waals surface area contributed by atoms with E-state index in [9.17, 15) is 5.21 Å². The maximum absolute atomic E-state index is 9.30. The van der Waals surface area contributed by atoms with Crippen LogP contribution in [-0.4, -0.2) is 28.1 Å². The molecule has 0 saturated heterocycles. The number of rotatable bonds is 2. The monoisotopic (exact) mass is 298 g/mol. The largest absolute Gasteiger partial charge is 0.411 e. The SMILES string of the molecule is CSc1sc(/C(C)=N/O)c2c1C(=NO)CC(C)(C)C2. The molecule has 0 fully saturated rings. The van der Waals surface area contributed by atoms with E-state index < -0.39 is 0 Å².